The molecule has 1 aromatic carbocycles. The molecule has 1 rings (SSSR count). The van der Waals surface area contributed by atoms with E-state index in [1.54, 1.807) is 12.1 Å². The second-order valence-corrected chi connectivity index (χ2v) is 3.22. The van der Waals surface area contributed by atoms with Crippen molar-refractivity contribution in [2.24, 2.45) is 0 Å². The van der Waals surface area contributed by atoms with Crippen molar-refractivity contribution in [3.8, 4) is 12.1 Å². The van der Waals surface area contributed by atoms with Crippen LogP contribution in [0.1, 0.15) is 11.1 Å². The lowest BCUT2D eigenvalue weighted by molar-refractivity contribution is 1.45. The van der Waals surface area contributed by atoms with Gasteiger partial charge in [-0.15, -0.1) is 0 Å². The van der Waals surface area contributed by atoms with Crippen LogP contribution in [-0.2, 0) is 0 Å². The molecular weight excluding hydrogens is 215 g/mol. The Labute approximate surface area is 80.0 Å². The summed E-state index contributed by atoms with van der Waals surface area (Å²) in [5.41, 5.74) is 1.99. The van der Waals surface area contributed by atoms with Crippen molar-refractivity contribution in [2.75, 3.05) is 0 Å². The molecule has 0 radical (unpaired) electrons. The molecule has 2 nitrogen and oxygen atoms in total. The lowest BCUT2D eigenvalue weighted by Gasteiger charge is -1.99. The minimum atomic E-state index is 0.562. The maximum atomic E-state index is 8.65. The Morgan fingerprint density at radius 3 is 2.25 bits per heavy atom. The van der Waals surface area contributed by atoms with Crippen LogP contribution in [0.15, 0.2) is 16.6 Å². The first kappa shape index (κ1) is 8.84. The Morgan fingerprint density at radius 2 is 1.75 bits per heavy atom. The van der Waals surface area contributed by atoms with E-state index in [1.807, 2.05) is 20.0 Å². The topological polar surface area (TPSA) is 47.6 Å². The van der Waals surface area contributed by atoms with Gasteiger partial charge in [-0.05, 0) is 28.1 Å². The van der Waals surface area contributed by atoms with Gasteiger partial charge in [0, 0.05) is 10.0 Å². The normalized spacial score (nSPS) is 8.58. The summed E-state index contributed by atoms with van der Waals surface area (Å²) < 4.78 is 0.673. The summed E-state index contributed by atoms with van der Waals surface area (Å²) in [6.07, 6.45) is 0. The van der Waals surface area contributed by atoms with Crippen molar-refractivity contribution in [3.63, 3.8) is 0 Å². The number of rotatable bonds is 0. The van der Waals surface area contributed by atoms with Crippen LogP contribution in [0.5, 0.6) is 0 Å². The molecule has 0 saturated carbocycles. The van der Waals surface area contributed by atoms with Crippen LogP contribution in [0, 0.1) is 22.7 Å². The maximum Gasteiger partial charge on any atom is 0.141 e. The lowest BCUT2D eigenvalue weighted by Crippen LogP contribution is -2.08. The van der Waals surface area contributed by atoms with Crippen LogP contribution < -0.4 is 5.46 Å². The second-order valence-electron chi connectivity index (χ2n) is 2.37. The quantitative estimate of drug-likeness (QED) is 0.594. The van der Waals surface area contributed by atoms with E-state index in [0.717, 1.165) is 5.46 Å². The van der Waals surface area contributed by atoms with Gasteiger partial charge in [-0.2, -0.15) is 10.5 Å². The molecule has 56 valence electrons. The van der Waals surface area contributed by atoms with E-state index < -0.39 is 0 Å². The molecule has 0 saturated heterocycles. The molecule has 0 atom stereocenters. The van der Waals surface area contributed by atoms with E-state index in [1.165, 1.54) is 0 Å². The van der Waals surface area contributed by atoms with Crippen LogP contribution in [-0.4, -0.2) is 7.85 Å². The monoisotopic (exact) mass is 218 g/mol. The molecule has 4 heteroatoms. The zero-order valence-corrected chi connectivity index (χ0v) is 8.01. The Kier molecular flexibility index (Phi) is 2.52. The van der Waals surface area contributed by atoms with Gasteiger partial charge in [0.2, 0.25) is 0 Å². The van der Waals surface area contributed by atoms with Gasteiger partial charge in [0.1, 0.15) is 13.9 Å². The molecule has 0 aromatic heterocycles. The first-order valence-corrected chi connectivity index (χ1v) is 4.08. The molecule has 0 amide bonds. The van der Waals surface area contributed by atoms with E-state index in [9.17, 15) is 0 Å². The molecule has 0 N–H and O–H groups in total. The number of halogens is 1. The van der Waals surface area contributed by atoms with Crippen molar-refractivity contribution in [3.05, 3.63) is 27.7 Å². The molecule has 0 bridgehead atoms. The van der Waals surface area contributed by atoms with E-state index in [2.05, 4.69) is 15.9 Å². The highest BCUT2D eigenvalue weighted by molar-refractivity contribution is 9.10. The molecule has 1 aromatic rings. The molecule has 0 aliphatic carbocycles. The van der Waals surface area contributed by atoms with Crippen LogP contribution >= 0.6 is 15.9 Å². The maximum absolute atomic E-state index is 8.65. The molecule has 0 fully saturated rings. The van der Waals surface area contributed by atoms with Crippen LogP contribution in [0.25, 0.3) is 0 Å². The number of hydrogen-bond acceptors (Lipinski definition) is 2. The fourth-order valence-corrected chi connectivity index (χ4v) is 1.32. The predicted octanol–water partition coefficient (Wildman–Crippen LogP) is 0.451. The van der Waals surface area contributed by atoms with Crippen LogP contribution in [0.3, 0.4) is 0 Å². The minimum Gasteiger partial charge on any atom is -0.192 e. The predicted molar refractivity (Wildman–Crippen MR) is 51.8 cm³/mol. The van der Waals surface area contributed by atoms with E-state index in [0.29, 0.717) is 15.6 Å². The third-order valence-corrected chi connectivity index (χ3v) is 2.21. The second kappa shape index (κ2) is 3.43. The van der Waals surface area contributed by atoms with Crippen molar-refractivity contribution < 1.29 is 0 Å². The summed E-state index contributed by atoms with van der Waals surface area (Å²) in [5.74, 6) is 0. The Balaban J connectivity index is 3.41. The third-order valence-electron chi connectivity index (χ3n) is 1.55. The Bertz CT molecular complexity index is 361. The lowest BCUT2D eigenvalue weighted by atomic mass is 9.90. The fourth-order valence-electron chi connectivity index (χ4n) is 0.888. The third kappa shape index (κ3) is 1.49. The van der Waals surface area contributed by atoms with Gasteiger partial charge in [0.25, 0.3) is 0 Å². The molecule has 0 aliphatic rings. The zero-order chi connectivity index (χ0) is 9.14. The number of nitrogens with zero attached hydrogens (tertiary/aromatic N) is 2. The van der Waals surface area contributed by atoms with Gasteiger partial charge in [-0.1, -0.05) is 5.46 Å². The minimum absolute atomic E-state index is 0.562. The van der Waals surface area contributed by atoms with Gasteiger partial charge in [0.05, 0.1) is 11.6 Å². The van der Waals surface area contributed by atoms with Gasteiger partial charge in [0.15, 0.2) is 0 Å². The molecule has 0 unspecified atom stereocenters. The molecule has 0 aliphatic heterocycles. The average Bonchev–Trinajstić information content (AvgIpc) is 2.08. The van der Waals surface area contributed by atoms with Gasteiger partial charge < -0.3 is 0 Å². The fraction of sp³-hybridized carbons (Fsp3) is 0. The number of nitriles is 2. The summed E-state index contributed by atoms with van der Waals surface area (Å²) in [6.45, 7) is 0. The van der Waals surface area contributed by atoms with Crippen molar-refractivity contribution in [2.45, 2.75) is 0 Å². The highest BCUT2D eigenvalue weighted by atomic mass is 79.9. The van der Waals surface area contributed by atoms with Gasteiger partial charge in [-0.3, -0.25) is 0 Å². The van der Waals surface area contributed by atoms with E-state index in [-0.39, 0.29) is 0 Å². The van der Waals surface area contributed by atoms with E-state index in [4.69, 9.17) is 10.5 Å². The van der Waals surface area contributed by atoms with Gasteiger partial charge in [-0.25, -0.2) is 0 Å². The smallest absolute Gasteiger partial charge is 0.141 e. The largest absolute Gasteiger partial charge is 0.192 e. The average molecular weight is 219 g/mol. The van der Waals surface area contributed by atoms with Crippen LogP contribution in [0.4, 0.5) is 0 Å². The van der Waals surface area contributed by atoms with Crippen molar-refractivity contribution in [1.82, 2.24) is 0 Å². The standard InChI is InChI=1S/C8H4BBrN2/c9-7-1-6(4-12)8(10)2-5(7)3-11/h1-2H,9H2. The summed E-state index contributed by atoms with van der Waals surface area (Å²) in [7, 11) is 1.81. The zero-order valence-electron chi connectivity index (χ0n) is 6.43. The Hall–Kier alpha value is -1.26. The van der Waals surface area contributed by atoms with Crippen molar-refractivity contribution >= 4 is 29.2 Å². The number of hydrogen-bond donors (Lipinski definition) is 0. The highest BCUT2D eigenvalue weighted by Crippen LogP contribution is 2.15. The van der Waals surface area contributed by atoms with Gasteiger partial charge >= 0.3 is 0 Å². The summed E-state index contributed by atoms with van der Waals surface area (Å²) >= 11 is 3.21. The Morgan fingerprint density at radius 1 is 1.17 bits per heavy atom. The molecular formula is C8H4BBrN2. The summed E-state index contributed by atoms with van der Waals surface area (Å²) in [6, 6.07) is 7.44. The SMILES string of the molecule is Bc1cc(C#N)c(Br)cc1C#N. The van der Waals surface area contributed by atoms with E-state index >= 15 is 0 Å². The summed E-state index contributed by atoms with van der Waals surface area (Å²) in [5, 5.41) is 17.3. The summed E-state index contributed by atoms with van der Waals surface area (Å²) in [4.78, 5) is 0. The van der Waals surface area contributed by atoms with Crippen molar-refractivity contribution in [1.29, 1.82) is 10.5 Å². The molecule has 12 heavy (non-hydrogen) atoms. The molecule has 0 heterocycles. The first-order chi connectivity index (χ1) is 5.69. The van der Waals surface area contributed by atoms with Crippen LogP contribution in [0.2, 0.25) is 0 Å². The highest BCUT2D eigenvalue weighted by Gasteiger charge is 2.03. The molecule has 0 spiro atoms. The first-order valence-electron chi connectivity index (χ1n) is 3.29. The number of benzene rings is 1.